The molecule has 5 heteroatoms. The van der Waals surface area contributed by atoms with Crippen molar-refractivity contribution in [2.45, 2.75) is 19.4 Å². The van der Waals surface area contributed by atoms with Crippen molar-refractivity contribution in [1.82, 2.24) is 4.98 Å². The molecule has 146 valence electrons. The zero-order valence-corrected chi connectivity index (χ0v) is 16.1. The minimum atomic E-state index is -0.943. The van der Waals surface area contributed by atoms with Crippen LogP contribution < -0.4 is 10.6 Å². The lowest BCUT2D eigenvalue weighted by Crippen LogP contribution is -2.29. The molecule has 0 aliphatic carbocycles. The molecule has 0 atom stereocenters. The number of aromatic nitrogens is 1. The molecular formula is C24H23N3O2. The molecule has 0 bridgehead atoms. The molecule has 1 aromatic heterocycles. The SMILES string of the molecule is N/C=C(/c1ccc(C(=O)O)cc1)c1nccc2c1CCCN2Cc1ccccc1. The summed E-state index contributed by atoms with van der Waals surface area (Å²) in [6, 6.07) is 19.3. The van der Waals surface area contributed by atoms with Crippen LogP contribution in [0, 0.1) is 0 Å². The molecular weight excluding hydrogens is 362 g/mol. The average molecular weight is 385 g/mol. The highest BCUT2D eigenvalue weighted by Crippen LogP contribution is 2.34. The summed E-state index contributed by atoms with van der Waals surface area (Å²) in [5, 5.41) is 9.14. The number of pyridine rings is 1. The second kappa shape index (κ2) is 8.19. The summed E-state index contributed by atoms with van der Waals surface area (Å²) in [7, 11) is 0. The number of fused-ring (bicyclic) bond motifs is 1. The van der Waals surface area contributed by atoms with E-state index in [2.05, 4.69) is 40.2 Å². The first kappa shape index (κ1) is 18.7. The van der Waals surface area contributed by atoms with E-state index in [1.807, 2.05) is 12.3 Å². The summed E-state index contributed by atoms with van der Waals surface area (Å²) in [6.45, 7) is 1.85. The van der Waals surface area contributed by atoms with E-state index in [4.69, 9.17) is 10.8 Å². The first-order valence-corrected chi connectivity index (χ1v) is 9.70. The zero-order valence-electron chi connectivity index (χ0n) is 16.1. The van der Waals surface area contributed by atoms with E-state index in [-0.39, 0.29) is 5.56 Å². The van der Waals surface area contributed by atoms with Crippen LogP contribution in [0.3, 0.4) is 0 Å². The van der Waals surface area contributed by atoms with Gasteiger partial charge in [-0.25, -0.2) is 4.79 Å². The van der Waals surface area contributed by atoms with Gasteiger partial charge in [0.1, 0.15) is 0 Å². The Morgan fingerprint density at radius 1 is 1.07 bits per heavy atom. The van der Waals surface area contributed by atoms with Crippen molar-refractivity contribution in [3.05, 3.63) is 101 Å². The topological polar surface area (TPSA) is 79.5 Å². The molecule has 0 unspecified atom stereocenters. The van der Waals surface area contributed by atoms with Gasteiger partial charge in [0.05, 0.1) is 11.3 Å². The maximum absolute atomic E-state index is 11.1. The number of carboxylic acid groups (broad SMARTS) is 1. The van der Waals surface area contributed by atoms with Crippen molar-refractivity contribution < 1.29 is 9.90 Å². The molecule has 0 saturated heterocycles. The number of hydrogen-bond acceptors (Lipinski definition) is 4. The number of rotatable bonds is 5. The molecule has 0 amide bonds. The highest BCUT2D eigenvalue weighted by molar-refractivity contribution is 5.89. The third kappa shape index (κ3) is 3.85. The van der Waals surface area contributed by atoms with Gasteiger partial charge in [-0.05, 0) is 42.2 Å². The van der Waals surface area contributed by atoms with Crippen LogP contribution in [0.2, 0.25) is 0 Å². The van der Waals surface area contributed by atoms with Crippen molar-refractivity contribution in [2.24, 2.45) is 5.73 Å². The van der Waals surface area contributed by atoms with E-state index < -0.39 is 5.97 Å². The van der Waals surface area contributed by atoms with Crippen LogP contribution in [-0.4, -0.2) is 22.6 Å². The fourth-order valence-electron chi connectivity index (χ4n) is 3.90. The van der Waals surface area contributed by atoms with Crippen molar-refractivity contribution in [2.75, 3.05) is 11.4 Å². The van der Waals surface area contributed by atoms with Crippen molar-refractivity contribution in [1.29, 1.82) is 0 Å². The molecule has 0 saturated carbocycles. The Kier molecular flexibility index (Phi) is 5.29. The fourth-order valence-corrected chi connectivity index (χ4v) is 3.90. The Morgan fingerprint density at radius 3 is 2.48 bits per heavy atom. The third-order valence-corrected chi connectivity index (χ3v) is 5.31. The number of nitrogens with zero attached hydrogens (tertiary/aromatic N) is 2. The average Bonchev–Trinajstić information content (AvgIpc) is 2.76. The van der Waals surface area contributed by atoms with Gasteiger partial charge >= 0.3 is 5.97 Å². The normalized spacial score (nSPS) is 13.8. The molecule has 0 radical (unpaired) electrons. The lowest BCUT2D eigenvalue weighted by atomic mass is 9.93. The Hall–Kier alpha value is -3.60. The Balaban J connectivity index is 1.70. The molecule has 29 heavy (non-hydrogen) atoms. The predicted octanol–water partition coefficient (Wildman–Crippen LogP) is 4.08. The zero-order chi connectivity index (χ0) is 20.2. The summed E-state index contributed by atoms with van der Waals surface area (Å²) >= 11 is 0. The summed E-state index contributed by atoms with van der Waals surface area (Å²) in [4.78, 5) is 18.2. The van der Waals surface area contributed by atoms with Crippen LogP contribution in [-0.2, 0) is 13.0 Å². The number of carbonyl (C=O) groups is 1. The van der Waals surface area contributed by atoms with Gasteiger partial charge in [-0.15, -0.1) is 0 Å². The number of aromatic carboxylic acids is 1. The molecule has 4 rings (SSSR count). The second-order valence-electron chi connectivity index (χ2n) is 7.13. The molecule has 2 heterocycles. The van der Waals surface area contributed by atoms with Crippen LogP contribution >= 0.6 is 0 Å². The van der Waals surface area contributed by atoms with E-state index >= 15 is 0 Å². The number of benzene rings is 2. The summed E-state index contributed by atoms with van der Waals surface area (Å²) < 4.78 is 0. The number of anilines is 1. The molecule has 0 fully saturated rings. The van der Waals surface area contributed by atoms with Gasteiger partial charge in [0.15, 0.2) is 0 Å². The summed E-state index contributed by atoms with van der Waals surface area (Å²) in [5.41, 5.74) is 12.4. The monoisotopic (exact) mass is 385 g/mol. The van der Waals surface area contributed by atoms with Crippen LogP contribution in [0.4, 0.5) is 5.69 Å². The molecule has 5 nitrogen and oxygen atoms in total. The highest BCUT2D eigenvalue weighted by atomic mass is 16.4. The van der Waals surface area contributed by atoms with Crippen LogP contribution in [0.1, 0.15) is 39.2 Å². The van der Waals surface area contributed by atoms with Gasteiger partial charge in [0, 0.05) is 42.3 Å². The third-order valence-electron chi connectivity index (χ3n) is 5.31. The smallest absolute Gasteiger partial charge is 0.335 e. The van der Waals surface area contributed by atoms with Crippen LogP contribution in [0.5, 0.6) is 0 Å². The Labute approximate surface area is 170 Å². The standard InChI is InChI=1S/C24H23N3O2/c25-15-21(18-8-10-19(11-9-18)24(28)29)23-20-7-4-14-27(22(20)12-13-26-23)16-17-5-2-1-3-6-17/h1-3,5-6,8-13,15H,4,7,14,16,25H2,(H,28,29)/b21-15-. The highest BCUT2D eigenvalue weighted by Gasteiger charge is 2.22. The fraction of sp³-hybridized carbons (Fsp3) is 0.167. The largest absolute Gasteiger partial charge is 0.478 e. The summed E-state index contributed by atoms with van der Waals surface area (Å²) in [6.07, 6.45) is 5.38. The molecule has 1 aliphatic heterocycles. The van der Waals surface area contributed by atoms with Gasteiger partial charge in [-0.1, -0.05) is 42.5 Å². The van der Waals surface area contributed by atoms with Crippen molar-refractivity contribution in [3.63, 3.8) is 0 Å². The number of nitrogens with two attached hydrogens (primary N) is 1. The van der Waals surface area contributed by atoms with Crippen molar-refractivity contribution in [3.8, 4) is 0 Å². The Morgan fingerprint density at radius 2 is 1.79 bits per heavy atom. The quantitative estimate of drug-likeness (QED) is 0.692. The van der Waals surface area contributed by atoms with E-state index in [9.17, 15) is 4.79 Å². The van der Waals surface area contributed by atoms with Gasteiger partial charge in [-0.3, -0.25) is 4.98 Å². The Bertz CT molecular complexity index is 1040. The molecule has 3 aromatic rings. The second-order valence-corrected chi connectivity index (χ2v) is 7.13. The van der Waals surface area contributed by atoms with E-state index in [1.165, 1.54) is 16.8 Å². The van der Waals surface area contributed by atoms with Gasteiger partial charge in [0.2, 0.25) is 0 Å². The predicted molar refractivity (Wildman–Crippen MR) is 115 cm³/mol. The maximum atomic E-state index is 11.1. The van der Waals surface area contributed by atoms with Gasteiger partial charge in [0.25, 0.3) is 0 Å². The maximum Gasteiger partial charge on any atom is 0.335 e. The number of carboxylic acids is 1. The minimum Gasteiger partial charge on any atom is -0.478 e. The van der Waals surface area contributed by atoms with Crippen LogP contribution in [0.25, 0.3) is 5.57 Å². The van der Waals surface area contributed by atoms with Crippen molar-refractivity contribution >= 4 is 17.2 Å². The van der Waals surface area contributed by atoms with E-state index in [1.54, 1.807) is 30.5 Å². The van der Waals surface area contributed by atoms with E-state index in [0.717, 1.165) is 42.8 Å². The van der Waals surface area contributed by atoms with Crippen LogP contribution in [0.15, 0.2) is 73.1 Å². The lowest BCUT2D eigenvalue weighted by Gasteiger charge is -2.32. The lowest BCUT2D eigenvalue weighted by molar-refractivity contribution is 0.0697. The minimum absolute atomic E-state index is 0.252. The van der Waals surface area contributed by atoms with Gasteiger partial charge < -0.3 is 15.7 Å². The first-order chi connectivity index (χ1) is 14.2. The summed E-state index contributed by atoms with van der Waals surface area (Å²) in [5.74, 6) is -0.943. The van der Waals surface area contributed by atoms with E-state index in [0.29, 0.717) is 0 Å². The molecule has 2 aromatic carbocycles. The molecule has 0 spiro atoms. The van der Waals surface area contributed by atoms with Gasteiger partial charge in [-0.2, -0.15) is 0 Å². The number of hydrogen-bond donors (Lipinski definition) is 2. The first-order valence-electron chi connectivity index (χ1n) is 9.70. The molecule has 1 aliphatic rings. The molecule has 3 N–H and O–H groups in total.